The molecule has 0 spiro atoms. The predicted molar refractivity (Wildman–Crippen MR) is 58.3 cm³/mol. The molecule has 0 aliphatic carbocycles. The number of ketones is 1. The zero-order chi connectivity index (χ0) is 12.4. The number of Topliss-reactive ketones (excluding diaryl/α,β-unsaturated/α-hetero) is 1. The summed E-state index contributed by atoms with van der Waals surface area (Å²) in [6.07, 6.45) is -0.103. The topological polar surface area (TPSA) is 43.4 Å². The Morgan fingerprint density at radius 3 is 2.12 bits per heavy atom. The molecule has 0 atom stereocenters. The molecule has 0 aliphatic rings. The Bertz CT molecular complexity index is 322. The van der Waals surface area contributed by atoms with E-state index in [0.717, 1.165) is 0 Å². The molecule has 0 unspecified atom stereocenters. The van der Waals surface area contributed by atoms with Crippen LogP contribution in [0.3, 0.4) is 0 Å². The van der Waals surface area contributed by atoms with Gasteiger partial charge >= 0.3 is 5.97 Å². The molecule has 0 saturated heterocycles. The largest absolute Gasteiger partial charge is 0.466 e. The quantitative estimate of drug-likeness (QED) is 0.587. The van der Waals surface area contributed by atoms with Crippen LogP contribution in [0.15, 0.2) is 30.3 Å². The minimum Gasteiger partial charge on any atom is -0.466 e. The maximum Gasteiger partial charge on any atom is 0.313 e. The molecular weight excluding hydrogens is 211 g/mol. The van der Waals surface area contributed by atoms with Crippen LogP contribution in [0.5, 0.6) is 0 Å². The van der Waals surface area contributed by atoms with Crippen molar-refractivity contribution in [2.45, 2.75) is 20.3 Å². The van der Waals surface area contributed by atoms with Gasteiger partial charge in [0.15, 0.2) is 0 Å². The third-order valence-corrected chi connectivity index (χ3v) is 1.43. The fraction of sp³-hybridized carbons (Fsp3) is 0.333. The van der Waals surface area contributed by atoms with Crippen LogP contribution in [0.25, 0.3) is 0 Å². The van der Waals surface area contributed by atoms with Gasteiger partial charge in [-0.3, -0.25) is 9.59 Å². The number of carbonyl (C=O) groups excluding carboxylic acids is 2. The second kappa shape index (κ2) is 8.59. The van der Waals surface area contributed by atoms with Gasteiger partial charge in [-0.15, -0.1) is 0 Å². The van der Waals surface area contributed by atoms with Gasteiger partial charge in [0.1, 0.15) is 18.0 Å². The van der Waals surface area contributed by atoms with E-state index in [-0.39, 0.29) is 18.0 Å². The molecule has 16 heavy (non-hydrogen) atoms. The Hall–Kier alpha value is -1.71. The molecule has 88 valence electrons. The highest BCUT2D eigenvalue weighted by Gasteiger charge is 2.03. The molecular formula is C12H15FO3. The van der Waals surface area contributed by atoms with E-state index in [1.54, 1.807) is 25.1 Å². The first-order valence-corrected chi connectivity index (χ1v) is 4.91. The molecule has 4 heteroatoms. The number of benzene rings is 1. The van der Waals surface area contributed by atoms with Gasteiger partial charge < -0.3 is 4.74 Å². The number of esters is 1. The third kappa shape index (κ3) is 8.87. The van der Waals surface area contributed by atoms with Crippen molar-refractivity contribution in [3.63, 3.8) is 0 Å². The number of hydrogen-bond acceptors (Lipinski definition) is 3. The highest BCUT2D eigenvalue weighted by Crippen LogP contribution is 1.91. The maximum atomic E-state index is 11.9. The van der Waals surface area contributed by atoms with Gasteiger partial charge in [0.25, 0.3) is 0 Å². The monoisotopic (exact) mass is 226 g/mol. The van der Waals surface area contributed by atoms with E-state index in [1.807, 2.05) is 0 Å². The highest BCUT2D eigenvalue weighted by molar-refractivity contribution is 5.94. The zero-order valence-electron chi connectivity index (χ0n) is 9.40. The van der Waals surface area contributed by atoms with Gasteiger partial charge in [-0.2, -0.15) is 0 Å². The number of halogens is 1. The molecule has 1 rings (SSSR count). The Kier molecular flexibility index (Phi) is 7.67. The van der Waals surface area contributed by atoms with Gasteiger partial charge in [-0.05, 0) is 26.0 Å². The van der Waals surface area contributed by atoms with Crippen molar-refractivity contribution in [3.8, 4) is 0 Å². The lowest BCUT2D eigenvalue weighted by Gasteiger charge is -1.96. The first-order valence-electron chi connectivity index (χ1n) is 4.91. The van der Waals surface area contributed by atoms with E-state index in [2.05, 4.69) is 4.74 Å². The van der Waals surface area contributed by atoms with Crippen LogP contribution < -0.4 is 0 Å². The lowest BCUT2D eigenvalue weighted by atomic mass is 10.3. The normalized spacial score (nSPS) is 8.69. The highest BCUT2D eigenvalue weighted by atomic mass is 19.1. The Morgan fingerprint density at radius 2 is 1.81 bits per heavy atom. The van der Waals surface area contributed by atoms with Crippen LogP contribution >= 0.6 is 0 Å². The lowest BCUT2D eigenvalue weighted by molar-refractivity contribution is -0.145. The van der Waals surface area contributed by atoms with Crippen molar-refractivity contribution in [2.24, 2.45) is 0 Å². The fourth-order valence-electron chi connectivity index (χ4n) is 0.830. The minimum absolute atomic E-state index is 0.103. The van der Waals surface area contributed by atoms with E-state index in [1.165, 1.54) is 19.1 Å². The Labute approximate surface area is 94.2 Å². The van der Waals surface area contributed by atoms with Crippen molar-refractivity contribution >= 4 is 11.8 Å². The SMILES string of the molecule is CCOC(=O)CC(C)=O.Fc1ccccc1. The summed E-state index contributed by atoms with van der Waals surface area (Å²) in [5, 5.41) is 0. The maximum absolute atomic E-state index is 11.9. The molecule has 0 amide bonds. The first kappa shape index (κ1) is 14.3. The van der Waals surface area contributed by atoms with E-state index >= 15 is 0 Å². The summed E-state index contributed by atoms with van der Waals surface area (Å²) in [7, 11) is 0. The molecule has 3 nitrogen and oxygen atoms in total. The molecule has 0 aliphatic heterocycles. The summed E-state index contributed by atoms with van der Waals surface area (Å²) in [5.41, 5.74) is 0. The van der Waals surface area contributed by atoms with Crippen LogP contribution in [-0.2, 0) is 14.3 Å². The van der Waals surface area contributed by atoms with Crippen LogP contribution in [0, 0.1) is 5.82 Å². The minimum atomic E-state index is -0.440. The molecule has 1 aromatic carbocycles. The van der Waals surface area contributed by atoms with Crippen LogP contribution in [0.4, 0.5) is 4.39 Å². The van der Waals surface area contributed by atoms with Crippen molar-refractivity contribution in [1.82, 2.24) is 0 Å². The Balaban J connectivity index is 0.000000288. The molecule has 0 heterocycles. The molecule has 1 aromatic rings. The molecule has 0 saturated carbocycles. The van der Waals surface area contributed by atoms with Gasteiger partial charge in [0, 0.05) is 0 Å². The summed E-state index contributed by atoms with van der Waals surface area (Å²) in [6, 6.07) is 7.94. The average Bonchev–Trinajstić information content (AvgIpc) is 2.18. The second-order valence-corrected chi connectivity index (χ2v) is 2.98. The van der Waals surface area contributed by atoms with Gasteiger partial charge in [0.05, 0.1) is 6.61 Å². The van der Waals surface area contributed by atoms with Crippen molar-refractivity contribution in [3.05, 3.63) is 36.1 Å². The molecule has 0 radical (unpaired) electrons. The van der Waals surface area contributed by atoms with Crippen molar-refractivity contribution in [1.29, 1.82) is 0 Å². The predicted octanol–water partition coefficient (Wildman–Crippen LogP) is 2.35. The first-order chi connectivity index (χ1) is 7.56. The second-order valence-electron chi connectivity index (χ2n) is 2.98. The third-order valence-electron chi connectivity index (χ3n) is 1.43. The molecule has 0 N–H and O–H groups in total. The van der Waals surface area contributed by atoms with Crippen molar-refractivity contribution < 1.29 is 18.7 Å². The van der Waals surface area contributed by atoms with Gasteiger partial charge in [-0.1, -0.05) is 18.2 Å². The summed E-state index contributed by atoms with van der Waals surface area (Å²) in [5.74, 6) is -0.777. The van der Waals surface area contributed by atoms with E-state index in [4.69, 9.17) is 0 Å². The average molecular weight is 226 g/mol. The lowest BCUT2D eigenvalue weighted by Crippen LogP contribution is -2.07. The van der Waals surface area contributed by atoms with Crippen LogP contribution in [0.2, 0.25) is 0 Å². The number of ether oxygens (including phenoxy) is 1. The molecule has 0 bridgehead atoms. The number of carbonyl (C=O) groups is 2. The number of hydrogen-bond donors (Lipinski definition) is 0. The van der Waals surface area contributed by atoms with Gasteiger partial charge in [-0.25, -0.2) is 4.39 Å². The van der Waals surface area contributed by atoms with E-state index < -0.39 is 5.97 Å². The van der Waals surface area contributed by atoms with Gasteiger partial charge in [0.2, 0.25) is 0 Å². The smallest absolute Gasteiger partial charge is 0.313 e. The summed E-state index contributed by atoms with van der Waals surface area (Å²) < 4.78 is 16.4. The molecule has 0 aromatic heterocycles. The van der Waals surface area contributed by atoms with E-state index in [0.29, 0.717) is 6.61 Å². The summed E-state index contributed by atoms with van der Waals surface area (Å²) >= 11 is 0. The molecule has 0 fully saturated rings. The Morgan fingerprint density at radius 1 is 1.25 bits per heavy atom. The van der Waals surface area contributed by atoms with E-state index in [9.17, 15) is 14.0 Å². The standard InChI is InChI=1S/C6H5F.C6H10O3/c7-6-4-2-1-3-5-6;1-3-9-6(8)4-5(2)7/h1-5H;3-4H2,1-2H3. The number of rotatable bonds is 3. The summed E-state index contributed by atoms with van der Waals surface area (Å²) in [4.78, 5) is 20.6. The van der Waals surface area contributed by atoms with Crippen LogP contribution in [0.1, 0.15) is 20.3 Å². The zero-order valence-corrected chi connectivity index (χ0v) is 9.40. The van der Waals surface area contributed by atoms with Crippen molar-refractivity contribution in [2.75, 3.05) is 6.61 Å². The van der Waals surface area contributed by atoms with Crippen LogP contribution in [-0.4, -0.2) is 18.4 Å². The fourth-order valence-corrected chi connectivity index (χ4v) is 0.830. The summed E-state index contributed by atoms with van der Waals surface area (Å²) in [6.45, 7) is 3.40.